The zero-order valence-corrected chi connectivity index (χ0v) is 14.4. The van der Waals surface area contributed by atoms with Gasteiger partial charge in [0.1, 0.15) is 5.58 Å². The summed E-state index contributed by atoms with van der Waals surface area (Å²) in [5.74, 6) is -0.290. The average Bonchev–Trinajstić information content (AvgIpc) is 2.69. The van der Waals surface area contributed by atoms with Gasteiger partial charge in [-0.25, -0.2) is 4.79 Å². The molecule has 0 radical (unpaired) electrons. The lowest BCUT2D eigenvalue weighted by molar-refractivity contribution is 0.0600. The number of rotatable bonds is 4. The summed E-state index contributed by atoms with van der Waals surface area (Å²) in [6.45, 7) is 0. The van der Waals surface area contributed by atoms with E-state index < -0.39 is 17.1 Å². The minimum absolute atomic E-state index is 0.00821. The maximum Gasteiger partial charge on any atom is 0.337 e. The Kier molecular flexibility index (Phi) is 4.53. The van der Waals surface area contributed by atoms with E-state index >= 15 is 0 Å². The summed E-state index contributed by atoms with van der Waals surface area (Å²) < 4.78 is 20.8. The molecule has 0 amide bonds. The zero-order valence-electron chi connectivity index (χ0n) is 14.4. The molecule has 0 saturated carbocycles. The maximum atomic E-state index is 12.5. The summed E-state index contributed by atoms with van der Waals surface area (Å²) in [6.07, 6.45) is 0. The quantitative estimate of drug-likeness (QED) is 0.718. The second-order valence-corrected chi connectivity index (χ2v) is 5.38. The fraction of sp³-hybridized carbons (Fsp3) is 0.158. The van der Waals surface area contributed by atoms with E-state index in [4.69, 9.17) is 13.9 Å². The molecule has 1 aromatic heterocycles. The van der Waals surface area contributed by atoms with Crippen molar-refractivity contribution < 1.29 is 28.5 Å². The molecule has 3 aromatic rings. The third-order valence-corrected chi connectivity index (χ3v) is 3.94. The highest BCUT2D eigenvalue weighted by atomic mass is 16.5. The molecule has 0 atom stereocenters. The molecule has 7 nitrogen and oxygen atoms in total. The van der Waals surface area contributed by atoms with Gasteiger partial charge in [0, 0.05) is 11.6 Å². The molecule has 0 bridgehead atoms. The van der Waals surface area contributed by atoms with Crippen molar-refractivity contribution in [2.24, 2.45) is 0 Å². The Bertz CT molecular complexity index is 1030. The highest BCUT2D eigenvalue weighted by Gasteiger charge is 2.18. The monoisotopic (exact) mass is 356 g/mol. The summed E-state index contributed by atoms with van der Waals surface area (Å²) in [4.78, 5) is 24.0. The van der Waals surface area contributed by atoms with Gasteiger partial charge in [0.15, 0.2) is 17.3 Å². The molecule has 0 aliphatic carbocycles. The van der Waals surface area contributed by atoms with E-state index in [1.165, 1.54) is 45.6 Å². The molecule has 0 spiro atoms. The number of ether oxygens (including phenoxy) is 3. The van der Waals surface area contributed by atoms with Gasteiger partial charge in [-0.05, 0) is 18.2 Å². The number of carbonyl (C=O) groups is 1. The molecule has 0 unspecified atom stereocenters. The minimum Gasteiger partial charge on any atom is -0.502 e. The summed E-state index contributed by atoms with van der Waals surface area (Å²) in [6, 6.07) is 9.09. The Hall–Kier alpha value is -3.48. The predicted octanol–water partition coefficient (Wildman–Crippen LogP) is 2.97. The van der Waals surface area contributed by atoms with Crippen LogP contribution in [-0.4, -0.2) is 32.4 Å². The number of aromatic hydroxyl groups is 1. The predicted molar refractivity (Wildman–Crippen MR) is 94.0 cm³/mol. The van der Waals surface area contributed by atoms with Crippen LogP contribution in [0.15, 0.2) is 45.6 Å². The van der Waals surface area contributed by atoms with E-state index in [0.717, 1.165) is 0 Å². The van der Waals surface area contributed by atoms with Crippen molar-refractivity contribution in [3.05, 3.63) is 52.2 Å². The van der Waals surface area contributed by atoms with Crippen molar-refractivity contribution in [3.8, 4) is 28.6 Å². The standard InChI is InChI=1S/C19H16O7/c1-23-14-8-12-13(9-15(14)24-2)26-18(17(21)16(12)20)10-4-6-11(7-5-10)19(22)25-3/h4-9,21H,1-3H3. The van der Waals surface area contributed by atoms with Gasteiger partial charge in [-0.2, -0.15) is 0 Å². The molecular formula is C19H16O7. The van der Waals surface area contributed by atoms with Crippen LogP contribution in [0.3, 0.4) is 0 Å². The van der Waals surface area contributed by atoms with Gasteiger partial charge in [-0.3, -0.25) is 4.79 Å². The maximum absolute atomic E-state index is 12.5. The second-order valence-electron chi connectivity index (χ2n) is 5.38. The third-order valence-electron chi connectivity index (χ3n) is 3.94. The Morgan fingerprint density at radius 2 is 1.62 bits per heavy atom. The molecule has 0 aliphatic rings. The van der Waals surface area contributed by atoms with Crippen LogP contribution >= 0.6 is 0 Å². The molecule has 1 N–H and O–H groups in total. The third kappa shape index (κ3) is 2.83. The Balaban J connectivity index is 2.19. The molecule has 26 heavy (non-hydrogen) atoms. The van der Waals surface area contributed by atoms with E-state index in [9.17, 15) is 14.7 Å². The van der Waals surface area contributed by atoms with Gasteiger partial charge in [0.2, 0.25) is 11.2 Å². The van der Waals surface area contributed by atoms with Gasteiger partial charge in [0.05, 0.1) is 32.3 Å². The minimum atomic E-state index is -0.598. The number of fused-ring (bicyclic) bond motifs is 1. The van der Waals surface area contributed by atoms with Crippen molar-refractivity contribution in [2.75, 3.05) is 21.3 Å². The Morgan fingerprint density at radius 1 is 1.00 bits per heavy atom. The highest BCUT2D eigenvalue weighted by molar-refractivity contribution is 5.90. The number of hydrogen-bond acceptors (Lipinski definition) is 7. The van der Waals surface area contributed by atoms with Crippen LogP contribution in [0.25, 0.3) is 22.3 Å². The van der Waals surface area contributed by atoms with Gasteiger partial charge >= 0.3 is 5.97 Å². The van der Waals surface area contributed by atoms with E-state index in [2.05, 4.69) is 4.74 Å². The average molecular weight is 356 g/mol. The van der Waals surface area contributed by atoms with Crippen molar-refractivity contribution in [3.63, 3.8) is 0 Å². The zero-order chi connectivity index (χ0) is 18.8. The molecule has 134 valence electrons. The number of esters is 1. The van der Waals surface area contributed by atoms with Crippen molar-refractivity contribution >= 4 is 16.9 Å². The Morgan fingerprint density at radius 3 is 2.19 bits per heavy atom. The molecule has 0 aliphatic heterocycles. The topological polar surface area (TPSA) is 95.2 Å². The summed E-state index contributed by atoms with van der Waals surface area (Å²) in [5, 5.41) is 10.5. The number of benzene rings is 2. The van der Waals surface area contributed by atoms with Crippen LogP contribution in [0.4, 0.5) is 0 Å². The fourth-order valence-electron chi connectivity index (χ4n) is 2.58. The SMILES string of the molecule is COC(=O)c1ccc(-c2oc3cc(OC)c(OC)cc3c(=O)c2O)cc1. The first-order chi connectivity index (χ1) is 12.5. The van der Waals surface area contributed by atoms with Gasteiger partial charge < -0.3 is 23.7 Å². The van der Waals surface area contributed by atoms with Crippen molar-refractivity contribution in [1.82, 2.24) is 0 Å². The lowest BCUT2D eigenvalue weighted by Gasteiger charge is -2.10. The van der Waals surface area contributed by atoms with E-state index in [1.54, 1.807) is 12.1 Å². The van der Waals surface area contributed by atoms with Crippen LogP contribution < -0.4 is 14.9 Å². The molecule has 3 rings (SSSR count). The first kappa shape index (κ1) is 17.3. The smallest absolute Gasteiger partial charge is 0.337 e. The van der Waals surface area contributed by atoms with E-state index in [1.807, 2.05) is 0 Å². The molecular weight excluding hydrogens is 340 g/mol. The number of hydrogen-bond donors (Lipinski definition) is 1. The van der Waals surface area contributed by atoms with Gasteiger partial charge in [-0.15, -0.1) is 0 Å². The summed E-state index contributed by atoms with van der Waals surface area (Å²) in [7, 11) is 4.20. The number of carbonyl (C=O) groups excluding carboxylic acids is 1. The van der Waals surface area contributed by atoms with Crippen molar-refractivity contribution in [1.29, 1.82) is 0 Å². The van der Waals surface area contributed by atoms with E-state index in [-0.39, 0.29) is 16.7 Å². The lowest BCUT2D eigenvalue weighted by atomic mass is 10.1. The van der Waals surface area contributed by atoms with Crippen LogP contribution in [0, 0.1) is 0 Å². The Labute approximate surface area is 148 Å². The molecule has 0 saturated heterocycles. The summed E-state index contributed by atoms with van der Waals surface area (Å²) in [5.41, 5.74) is 0.408. The summed E-state index contributed by atoms with van der Waals surface area (Å²) >= 11 is 0. The lowest BCUT2D eigenvalue weighted by Crippen LogP contribution is -2.04. The molecule has 7 heteroatoms. The normalized spacial score (nSPS) is 10.6. The van der Waals surface area contributed by atoms with E-state index in [0.29, 0.717) is 22.6 Å². The molecule has 2 aromatic carbocycles. The highest BCUT2D eigenvalue weighted by Crippen LogP contribution is 2.35. The number of methoxy groups -OCH3 is 3. The van der Waals surface area contributed by atoms with Crippen LogP contribution in [-0.2, 0) is 4.74 Å². The second kappa shape index (κ2) is 6.79. The molecule has 0 fully saturated rings. The molecule has 1 heterocycles. The van der Waals surface area contributed by atoms with Gasteiger partial charge in [0.25, 0.3) is 0 Å². The van der Waals surface area contributed by atoms with Crippen LogP contribution in [0.1, 0.15) is 10.4 Å². The first-order valence-electron chi connectivity index (χ1n) is 7.60. The fourth-order valence-corrected chi connectivity index (χ4v) is 2.58. The van der Waals surface area contributed by atoms with Crippen LogP contribution in [0.5, 0.6) is 17.2 Å². The largest absolute Gasteiger partial charge is 0.502 e. The van der Waals surface area contributed by atoms with Crippen molar-refractivity contribution in [2.45, 2.75) is 0 Å². The van der Waals surface area contributed by atoms with Gasteiger partial charge in [-0.1, -0.05) is 12.1 Å². The first-order valence-corrected chi connectivity index (χ1v) is 7.60. The van der Waals surface area contributed by atoms with Crippen LogP contribution in [0.2, 0.25) is 0 Å².